The summed E-state index contributed by atoms with van der Waals surface area (Å²) < 4.78 is 51.5. The van der Waals surface area contributed by atoms with Gasteiger partial charge < -0.3 is 24.8 Å². The summed E-state index contributed by atoms with van der Waals surface area (Å²) in [4.78, 5) is 37.7. The maximum atomic E-state index is 13.6. The first-order valence-electron chi connectivity index (χ1n) is 11.4. The minimum Gasteiger partial charge on any atom is -0.480 e. The van der Waals surface area contributed by atoms with Crippen molar-refractivity contribution in [2.24, 2.45) is 11.8 Å². The molecule has 1 saturated heterocycles. The first-order chi connectivity index (χ1) is 16.2. The molecule has 34 heavy (non-hydrogen) atoms. The fraction of sp³-hybridized carbons (Fsp3) is 0.609. The molecule has 8 nitrogen and oxygen atoms in total. The number of carbonyl (C=O) groups excluding carboxylic acids is 2. The summed E-state index contributed by atoms with van der Waals surface area (Å²) in [5.74, 6) is -3.33. The molecular formula is C23H27F3N2O6. The highest BCUT2D eigenvalue weighted by Crippen LogP contribution is 2.38. The Morgan fingerprint density at radius 1 is 1.18 bits per heavy atom. The van der Waals surface area contributed by atoms with Crippen molar-refractivity contribution >= 4 is 17.8 Å². The van der Waals surface area contributed by atoms with E-state index in [1.54, 1.807) is 18.2 Å². The molecule has 2 heterocycles. The number of carboxylic acids is 1. The number of aryl methyl sites for hydroxylation is 1. The summed E-state index contributed by atoms with van der Waals surface area (Å²) in [5, 5.41) is 11.6. The summed E-state index contributed by atoms with van der Waals surface area (Å²) >= 11 is 0. The van der Waals surface area contributed by atoms with E-state index in [9.17, 15) is 32.7 Å². The van der Waals surface area contributed by atoms with Gasteiger partial charge in [0.05, 0.1) is 5.92 Å². The molecule has 11 heteroatoms. The highest BCUT2D eigenvalue weighted by Gasteiger charge is 2.52. The molecule has 0 bridgehead atoms. The molecule has 0 spiro atoms. The fourth-order valence-electron chi connectivity index (χ4n) is 5.19. The number of alkyl halides is 3. The van der Waals surface area contributed by atoms with Gasteiger partial charge in [-0.25, -0.2) is 4.79 Å². The van der Waals surface area contributed by atoms with E-state index in [1.807, 2.05) is 5.32 Å². The maximum absolute atomic E-state index is 13.6. The average Bonchev–Trinajstić information content (AvgIpc) is 3.28. The van der Waals surface area contributed by atoms with E-state index in [-0.39, 0.29) is 13.2 Å². The Morgan fingerprint density at radius 2 is 1.91 bits per heavy atom. The van der Waals surface area contributed by atoms with Gasteiger partial charge in [-0.1, -0.05) is 31.4 Å². The number of likely N-dealkylation sites (tertiary alicyclic amines) is 1. The Balaban J connectivity index is 1.37. The third kappa shape index (κ3) is 4.92. The number of halogens is 3. The lowest BCUT2D eigenvalue weighted by Crippen LogP contribution is -2.66. The van der Waals surface area contributed by atoms with Crippen molar-refractivity contribution in [1.29, 1.82) is 0 Å². The number of rotatable bonds is 8. The summed E-state index contributed by atoms with van der Waals surface area (Å²) in [7, 11) is 0. The lowest BCUT2D eigenvalue weighted by atomic mass is 9.82. The zero-order valence-corrected chi connectivity index (χ0v) is 18.5. The van der Waals surface area contributed by atoms with Gasteiger partial charge in [-0.15, -0.1) is 0 Å². The molecule has 2 N–H and O–H groups in total. The van der Waals surface area contributed by atoms with E-state index in [1.165, 1.54) is 0 Å². The molecule has 1 saturated carbocycles. The van der Waals surface area contributed by atoms with Crippen molar-refractivity contribution in [3.63, 3.8) is 0 Å². The maximum Gasteiger partial charge on any atom is 0.408 e. The van der Waals surface area contributed by atoms with Gasteiger partial charge in [-0.05, 0) is 43.2 Å². The van der Waals surface area contributed by atoms with Crippen molar-refractivity contribution in [2.45, 2.75) is 63.2 Å². The molecule has 3 atom stereocenters. The van der Waals surface area contributed by atoms with Gasteiger partial charge in [0.1, 0.15) is 18.6 Å². The number of nitrogens with zero attached hydrogens (tertiary/aromatic N) is 1. The number of carboxylic acid groups (broad SMARTS) is 1. The highest BCUT2D eigenvalue weighted by molar-refractivity contribution is 5.99. The second-order valence-electron chi connectivity index (χ2n) is 9.03. The van der Waals surface area contributed by atoms with Gasteiger partial charge in [0.25, 0.3) is 0 Å². The molecule has 1 aromatic carbocycles. The summed E-state index contributed by atoms with van der Waals surface area (Å²) in [6.45, 7) is -0.640. The van der Waals surface area contributed by atoms with Crippen LogP contribution in [0, 0.1) is 11.8 Å². The quantitative estimate of drug-likeness (QED) is 0.550. The van der Waals surface area contributed by atoms with Crippen LogP contribution >= 0.6 is 0 Å². The molecule has 1 aromatic rings. The third-order valence-electron chi connectivity index (χ3n) is 6.88. The van der Waals surface area contributed by atoms with Crippen LogP contribution in [0.25, 0.3) is 0 Å². The summed E-state index contributed by atoms with van der Waals surface area (Å²) in [6, 6.07) is 2.02. The topological polar surface area (TPSA) is 105 Å². The van der Waals surface area contributed by atoms with Crippen molar-refractivity contribution in [3.8, 4) is 11.5 Å². The zero-order valence-electron chi connectivity index (χ0n) is 18.5. The van der Waals surface area contributed by atoms with E-state index < -0.39 is 54.4 Å². The predicted molar refractivity (Wildman–Crippen MR) is 112 cm³/mol. The Hall–Kier alpha value is -2.98. The number of β-lactam (4-membered cyclic amide) rings is 1. The third-order valence-corrected chi connectivity index (χ3v) is 6.88. The zero-order chi connectivity index (χ0) is 24.5. The lowest BCUT2D eigenvalue weighted by Gasteiger charge is -2.44. The molecule has 1 aliphatic carbocycles. The van der Waals surface area contributed by atoms with Crippen LogP contribution in [-0.2, 0) is 20.8 Å². The van der Waals surface area contributed by atoms with Gasteiger partial charge >= 0.3 is 12.1 Å². The summed E-state index contributed by atoms with van der Waals surface area (Å²) in [5.41, 5.74) is 0.767. The molecule has 2 fully saturated rings. The van der Waals surface area contributed by atoms with Gasteiger partial charge in [0, 0.05) is 0 Å². The number of para-hydroxylation sites is 1. The van der Waals surface area contributed by atoms with E-state index in [4.69, 9.17) is 9.47 Å². The van der Waals surface area contributed by atoms with Crippen LogP contribution in [-0.4, -0.2) is 59.4 Å². The van der Waals surface area contributed by atoms with E-state index in [0.717, 1.165) is 16.9 Å². The van der Waals surface area contributed by atoms with E-state index >= 15 is 0 Å². The van der Waals surface area contributed by atoms with Gasteiger partial charge in [0.2, 0.25) is 18.6 Å². The van der Waals surface area contributed by atoms with Crippen LogP contribution in [0.3, 0.4) is 0 Å². The molecular weight excluding hydrogens is 457 g/mol. The average molecular weight is 484 g/mol. The standard InChI is InChI=1S/C23H27F3N2O6/c24-23(25,26)20(14-5-2-1-3-6-14)27-17(29)11-28-18(22(31)32)15(21(28)30)10-9-13-7-4-8-16-19(13)34-12-33-16/h4,7-8,14-15,18,20H,1-3,5-6,9-12H2,(H,27,29)(H,31,32)/t15-,18+,20+/m1/s1. The van der Waals surface area contributed by atoms with Gasteiger partial charge in [-0.2, -0.15) is 13.2 Å². The normalized spacial score (nSPS) is 23.4. The second kappa shape index (κ2) is 9.71. The second-order valence-corrected chi connectivity index (χ2v) is 9.03. The number of aliphatic carboxylic acids is 1. The molecule has 4 rings (SSSR count). The minimum atomic E-state index is -4.62. The highest BCUT2D eigenvalue weighted by atomic mass is 19.4. The monoisotopic (exact) mass is 484 g/mol. The molecule has 0 unspecified atom stereocenters. The summed E-state index contributed by atoms with van der Waals surface area (Å²) in [6.07, 6.45) is -1.14. The number of benzene rings is 1. The van der Waals surface area contributed by atoms with Crippen LogP contribution in [0.5, 0.6) is 11.5 Å². The number of nitrogens with one attached hydrogen (secondary N) is 1. The van der Waals surface area contributed by atoms with Crippen LogP contribution < -0.4 is 14.8 Å². The smallest absolute Gasteiger partial charge is 0.408 e. The lowest BCUT2D eigenvalue weighted by molar-refractivity contribution is -0.179. The van der Waals surface area contributed by atoms with Crippen molar-refractivity contribution in [2.75, 3.05) is 13.3 Å². The number of fused-ring (bicyclic) bond motifs is 1. The number of amides is 2. The molecule has 3 aliphatic rings. The first kappa shape index (κ1) is 24.2. The minimum absolute atomic E-state index is 0.0785. The van der Waals surface area contributed by atoms with Crippen LogP contribution in [0.1, 0.15) is 44.1 Å². The van der Waals surface area contributed by atoms with Gasteiger partial charge in [-0.3, -0.25) is 9.59 Å². The van der Waals surface area contributed by atoms with Crippen LogP contribution in [0.2, 0.25) is 0 Å². The van der Waals surface area contributed by atoms with E-state index in [0.29, 0.717) is 43.6 Å². The molecule has 0 aromatic heterocycles. The Kier molecular flexibility index (Phi) is 6.90. The van der Waals surface area contributed by atoms with Crippen LogP contribution in [0.4, 0.5) is 13.2 Å². The predicted octanol–water partition coefficient (Wildman–Crippen LogP) is 2.89. The number of hydrogen-bond donors (Lipinski definition) is 2. The van der Waals surface area contributed by atoms with Crippen LogP contribution in [0.15, 0.2) is 18.2 Å². The van der Waals surface area contributed by atoms with E-state index in [2.05, 4.69) is 0 Å². The Bertz CT molecular complexity index is 947. The van der Waals surface area contributed by atoms with Crippen molar-refractivity contribution in [1.82, 2.24) is 10.2 Å². The number of hydrogen-bond acceptors (Lipinski definition) is 5. The largest absolute Gasteiger partial charge is 0.480 e. The Labute approximate surface area is 194 Å². The first-order valence-corrected chi connectivity index (χ1v) is 11.4. The van der Waals surface area contributed by atoms with Crippen molar-refractivity contribution in [3.05, 3.63) is 23.8 Å². The molecule has 186 valence electrons. The molecule has 0 radical (unpaired) electrons. The van der Waals surface area contributed by atoms with Crippen molar-refractivity contribution < 1.29 is 42.1 Å². The molecule has 2 amide bonds. The number of ether oxygens (including phenoxy) is 2. The fourth-order valence-corrected chi connectivity index (χ4v) is 5.19. The Morgan fingerprint density at radius 3 is 2.59 bits per heavy atom. The van der Waals surface area contributed by atoms with Gasteiger partial charge in [0.15, 0.2) is 11.5 Å². The number of carbonyl (C=O) groups is 3. The molecule has 2 aliphatic heterocycles. The SMILES string of the molecule is O=C(CN1C(=O)[C@H](CCc2cccc3c2OCO3)[C@H]1C(=O)O)N[C@@H](C1CCCCC1)C(F)(F)F.